The number of nitrogens with zero attached hydrogens (tertiary/aromatic N) is 1. The Morgan fingerprint density at radius 1 is 1.21 bits per heavy atom. The summed E-state index contributed by atoms with van der Waals surface area (Å²) in [7, 11) is 0. The van der Waals surface area contributed by atoms with Crippen LogP contribution in [0.2, 0.25) is 0 Å². The number of carbonyl (C=O) groups excluding carboxylic acids is 2. The van der Waals surface area contributed by atoms with Crippen LogP contribution in [0.4, 0.5) is 4.79 Å². The van der Waals surface area contributed by atoms with Gasteiger partial charge in [0.25, 0.3) is 0 Å². The van der Waals surface area contributed by atoms with E-state index in [2.05, 4.69) is 0 Å². The quantitative estimate of drug-likeness (QED) is 0.500. The molecule has 156 valence electrons. The third-order valence-corrected chi connectivity index (χ3v) is 4.42. The summed E-state index contributed by atoms with van der Waals surface area (Å²) >= 11 is 0. The van der Waals surface area contributed by atoms with E-state index in [1.165, 1.54) is 18.7 Å². The average molecular weight is 396 g/mol. The van der Waals surface area contributed by atoms with E-state index < -0.39 is 30.5 Å². The third-order valence-electron chi connectivity index (χ3n) is 4.42. The highest BCUT2D eigenvalue weighted by Gasteiger charge is 2.27. The number of esters is 1. The molecule has 0 fully saturated rings. The third kappa shape index (κ3) is 5.49. The molecule has 0 aromatic heterocycles. The van der Waals surface area contributed by atoms with E-state index in [0.717, 1.165) is 5.56 Å². The van der Waals surface area contributed by atoms with Crippen LogP contribution < -0.4 is 15.2 Å². The van der Waals surface area contributed by atoms with Crippen LogP contribution in [0.25, 0.3) is 0 Å². The smallest absolute Gasteiger partial charge is 0.413 e. The fourth-order valence-electron chi connectivity index (χ4n) is 2.81. The Morgan fingerprint density at radius 3 is 2.54 bits per heavy atom. The molecule has 1 aliphatic rings. The number of aliphatic hydroxyl groups excluding tert-OH is 1. The first-order valence-electron chi connectivity index (χ1n) is 9.22. The number of nitrogens with two attached hydrogens (primary N) is 1. The van der Waals surface area contributed by atoms with Gasteiger partial charge in [-0.05, 0) is 44.9 Å². The number of likely N-dealkylation sites (N-methyl/N-ethyl adjacent to an activating group) is 1. The van der Waals surface area contributed by atoms with Crippen LogP contribution in [0.1, 0.15) is 33.3 Å². The van der Waals surface area contributed by atoms with Gasteiger partial charge in [0.05, 0.1) is 6.10 Å². The standard InChI is InChI=1S/C19H28N2O7/c1-5-21(19(24)28-13(4)27-18(23)17(20)12(3)22)11(2)8-14-6-7-15-16(9-14)26-10-25-15/h6-7,9,11-13,17,22H,5,8,10,20H2,1-4H3. The van der Waals surface area contributed by atoms with E-state index in [1.54, 1.807) is 0 Å². The molecule has 4 unspecified atom stereocenters. The maximum atomic E-state index is 12.5. The molecule has 0 spiro atoms. The lowest BCUT2D eigenvalue weighted by Gasteiger charge is -2.29. The van der Waals surface area contributed by atoms with Crippen molar-refractivity contribution in [3.63, 3.8) is 0 Å². The lowest BCUT2D eigenvalue weighted by molar-refractivity contribution is -0.170. The molecule has 0 aliphatic carbocycles. The minimum Gasteiger partial charge on any atom is -0.454 e. The van der Waals surface area contributed by atoms with Crippen molar-refractivity contribution in [1.29, 1.82) is 0 Å². The molecule has 9 heteroatoms. The number of hydrogen-bond acceptors (Lipinski definition) is 8. The number of carbonyl (C=O) groups is 2. The normalized spacial score (nSPS) is 16.6. The van der Waals surface area contributed by atoms with Crippen molar-refractivity contribution < 1.29 is 33.6 Å². The Labute approximate surface area is 164 Å². The minimum absolute atomic E-state index is 0.166. The zero-order valence-electron chi connectivity index (χ0n) is 16.6. The molecule has 0 radical (unpaired) electrons. The van der Waals surface area contributed by atoms with Crippen LogP contribution in [-0.4, -0.2) is 59.9 Å². The summed E-state index contributed by atoms with van der Waals surface area (Å²) in [5.41, 5.74) is 6.49. The summed E-state index contributed by atoms with van der Waals surface area (Å²) < 4.78 is 20.8. The molecule has 0 saturated carbocycles. The second kappa shape index (κ2) is 9.61. The second-order valence-electron chi connectivity index (χ2n) is 6.68. The molecule has 9 nitrogen and oxygen atoms in total. The van der Waals surface area contributed by atoms with Gasteiger partial charge in [0.2, 0.25) is 13.1 Å². The zero-order valence-corrected chi connectivity index (χ0v) is 16.6. The van der Waals surface area contributed by atoms with Gasteiger partial charge in [0.1, 0.15) is 6.04 Å². The lowest BCUT2D eigenvalue weighted by atomic mass is 10.1. The van der Waals surface area contributed by atoms with Gasteiger partial charge in [-0.1, -0.05) is 6.07 Å². The summed E-state index contributed by atoms with van der Waals surface area (Å²) in [6, 6.07) is 4.28. The highest BCUT2D eigenvalue weighted by Crippen LogP contribution is 2.33. The van der Waals surface area contributed by atoms with Crippen LogP contribution in [0.15, 0.2) is 18.2 Å². The summed E-state index contributed by atoms with van der Waals surface area (Å²) in [5, 5.41) is 9.33. The van der Waals surface area contributed by atoms with Crippen LogP contribution in [0, 0.1) is 0 Å². The number of ether oxygens (including phenoxy) is 4. The predicted octanol–water partition coefficient (Wildman–Crippen LogP) is 1.40. The van der Waals surface area contributed by atoms with Crippen LogP contribution in [0.3, 0.4) is 0 Å². The van der Waals surface area contributed by atoms with Crippen molar-refractivity contribution in [2.75, 3.05) is 13.3 Å². The zero-order chi connectivity index (χ0) is 20.8. The molecule has 1 aromatic carbocycles. The van der Waals surface area contributed by atoms with E-state index in [9.17, 15) is 14.7 Å². The number of hydrogen-bond donors (Lipinski definition) is 2. The van der Waals surface area contributed by atoms with Crippen LogP contribution in [-0.2, 0) is 20.7 Å². The second-order valence-corrected chi connectivity index (χ2v) is 6.68. The molecular weight excluding hydrogens is 368 g/mol. The van der Waals surface area contributed by atoms with Crippen molar-refractivity contribution in [2.45, 2.75) is 58.6 Å². The fourth-order valence-corrected chi connectivity index (χ4v) is 2.81. The molecule has 0 bridgehead atoms. The van der Waals surface area contributed by atoms with E-state index in [4.69, 9.17) is 24.7 Å². The number of rotatable bonds is 8. The molecule has 1 amide bonds. The maximum absolute atomic E-state index is 12.5. The first-order valence-corrected chi connectivity index (χ1v) is 9.22. The number of amides is 1. The predicted molar refractivity (Wildman–Crippen MR) is 99.8 cm³/mol. The highest BCUT2D eigenvalue weighted by atomic mass is 16.7. The van der Waals surface area contributed by atoms with Gasteiger partial charge >= 0.3 is 12.1 Å². The van der Waals surface area contributed by atoms with E-state index >= 15 is 0 Å². The fraction of sp³-hybridized carbons (Fsp3) is 0.579. The summed E-state index contributed by atoms with van der Waals surface area (Å²) in [4.78, 5) is 25.8. The lowest BCUT2D eigenvalue weighted by Crippen LogP contribution is -2.45. The van der Waals surface area contributed by atoms with Gasteiger partial charge in [-0.2, -0.15) is 0 Å². The molecule has 2 rings (SSSR count). The Kier molecular flexibility index (Phi) is 7.47. The number of benzene rings is 1. The van der Waals surface area contributed by atoms with Gasteiger partial charge < -0.3 is 34.7 Å². The Bertz CT molecular complexity index is 695. The van der Waals surface area contributed by atoms with Gasteiger partial charge in [-0.3, -0.25) is 4.79 Å². The van der Waals surface area contributed by atoms with Gasteiger partial charge in [-0.25, -0.2) is 4.79 Å². The van der Waals surface area contributed by atoms with E-state index in [1.807, 2.05) is 32.0 Å². The van der Waals surface area contributed by atoms with Crippen molar-refractivity contribution in [2.24, 2.45) is 5.73 Å². The monoisotopic (exact) mass is 396 g/mol. The first-order chi connectivity index (χ1) is 13.2. The largest absolute Gasteiger partial charge is 0.454 e. The summed E-state index contributed by atoms with van der Waals surface area (Å²) in [6.07, 6.45) is -2.22. The molecule has 1 aromatic rings. The molecule has 1 aliphatic heterocycles. The summed E-state index contributed by atoms with van der Waals surface area (Å²) in [5.74, 6) is 0.547. The van der Waals surface area contributed by atoms with Crippen molar-refractivity contribution in [3.05, 3.63) is 23.8 Å². The number of aliphatic hydroxyl groups is 1. The number of fused-ring (bicyclic) bond motifs is 1. The molecular formula is C19H28N2O7. The Morgan fingerprint density at radius 2 is 1.89 bits per heavy atom. The Balaban J connectivity index is 1.91. The first kappa shape index (κ1) is 21.8. The molecule has 1 heterocycles. The maximum Gasteiger partial charge on any atom is 0.413 e. The molecule has 28 heavy (non-hydrogen) atoms. The molecule has 3 N–H and O–H groups in total. The topological polar surface area (TPSA) is 121 Å². The van der Waals surface area contributed by atoms with Gasteiger partial charge in [0.15, 0.2) is 11.5 Å². The molecule has 4 atom stereocenters. The van der Waals surface area contributed by atoms with Crippen molar-refractivity contribution in [3.8, 4) is 11.5 Å². The van der Waals surface area contributed by atoms with E-state index in [-0.39, 0.29) is 12.8 Å². The molecule has 0 saturated heterocycles. The van der Waals surface area contributed by atoms with Gasteiger partial charge in [-0.15, -0.1) is 0 Å². The average Bonchev–Trinajstić information content (AvgIpc) is 3.08. The SMILES string of the molecule is CCN(C(=O)OC(C)OC(=O)C(N)C(C)O)C(C)Cc1ccc2c(c1)OCO2. The van der Waals surface area contributed by atoms with Crippen molar-refractivity contribution >= 4 is 12.1 Å². The summed E-state index contributed by atoms with van der Waals surface area (Å²) in [6.45, 7) is 7.14. The minimum atomic E-state index is -1.20. The van der Waals surface area contributed by atoms with Gasteiger partial charge in [0, 0.05) is 19.5 Å². The van der Waals surface area contributed by atoms with Crippen LogP contribution in [0.5, 0.6) is 11.5 Å². The van der Waals surface area contributed by atoms with Crippen molar-refractivity contribution in [1.82, 2.24) is 4.90 Å². The highest BCUT2D eigenvalue weighted by molar-refractivity contribution is 5.76. The Hall–Kier alpha value is -2.52. The van der Waals surface area contributed by atoms with Crippen LogP contribution >= 0.6 is 0 Å². The van der Waals surface area contributed by atoms with E-state index in [0.29, 0.717) is 24.5 Å².